The van der Waals surface area contributed by atoms with Crippen molar-refractivity contribution >= 4 is 142 Å². The van der Waals surface area contributed by atoms with Crippen molar-refractivity contribution in [3.8, 4) is 100 Å². The maximum absolute atomic E-state index is 2.49. The predicted octanol–water partition coefficient (Wildman–Crippen LogP) is 37.4. The van der Waals surface area contributed by atoms with Crippen molar-refractivity contribution in [1.29, 1.82) is 0 Å². The lowest BCUT2D eigenvalue weighted by Gasteiger charge is -2.30. The molecule has 0 spiro atoms. The summed E-state index contributed by atoms with van der Waals surface area (Å²) in [6.07, 6.45) is 0. The van der Waals surface area contributed by atoms with Gasteiger partial charge in [0.1, 0.15) is 0 Å². The molecule has 0 atom stereocenters. The normalized spacial score (nSPS) is 12.2. The first-order chi connectivity index (χ1) is 68.8. The van der Waals surface area contributed by atoms with Crippen LogP contribution in [0.25, 0.3) is 209 Å². The minimum atomic E-state index is -0.133. The van der Waals surface area contributed by atoms with Crippen molar-refractivity contribution in [3.63, 3.8) is 0 Å². The number of anilines is 6. The van der Waals surface area contributed by atoms with Crippen LogP contribution in [0.3, 0.4) is 0 Å². The van der Waals surface area contributed by atoms with Crippen LogP contribution in [0, 0.1) is 0 Å². The lowest BCUT2D eigenvalue weighted by molar-refractivity contribution is 0.660. The zero-order chi connectivity index (χ0) is 92.2. The summed E-state index contributed by atoms with van der Waals surface area (Å²) < 4.78 is 4.98. The number of benzene rings is 24. The molecule has 0 aliphatic heterocycles. The van der Waals surface area contributed by atoms with Crippen LogP contribution in [0.1, 0.15) is 25.0 Å². The highest BCUT2D eigenvalue weighted by Crippen LogP contribution is 2.55. The first-order valence-electron chi connectivity index (χ1n) is 48.2. The number of para-hydroxylation sites is 4. The zero-order valence-electron chi connectivity index (χ0n) is 76.9. The molecule has 24 aromatic carbocycles. The van der Waals surface area contributed by atoms with Crippen LogP contribution >= 0.6 is 0 Å². The summed E-state index contributed by atoms with van der Waals surface area (Å²) >= 11 is 0. The number of fused-ring (bicyclic) bond motifs is 23. The van der Waals surface area contributed by atoms with Gasteiger partial charge in [0.15, 0.2) is 0 Å². The van der Waals surface area contributed by atoms with E-state index in [0.29, 0.717) is 0 Å². The van der Waals surface area contributed by atoms with Crippen molar-refractivity contribution in [2.24, 2.45) is 0 Å². The fraction of sp³-hybridized carbons (Fsp3) is 0.0222. The number of nitrogens with zero attached hydrogens (tertiary/aromatic N) is 4. The molecule has 652 valence electrons. The Balaban J connectivity index is 0.000000143. The molecule has 4 nitrogen and oxygen atoms in total. The third kappa shape index (κ3) is 13.9. The van der Waals surface area contributed by atoms with Crippen LogP contribution < -0.4 is 9.80 Å². The van der Waals surface area contributed by atoms with E-state index in [0.717, 1.165) is 45.5 Å². The second-order valence-corrected chi connectivity index (χ2v) is 37.2. The molecule has 0 fully saturated rings. The molecule has 139 heavy (non-hydrogen) atoms. The van der Waals surface area contributed by atoms with Gasteiger partial charge in [-0.25, -0.2) is 0 Å². The first kappa shape index (κ1) is 81.8. The SMILES string of the molecule is CC1(C)c2ccccc2-c2ccc(N(c3ccc(-c4cc5c6ccccc6c6c(c7ccccc7n6-c6ccc(-c7ccccc7)cc6)c5c5ccccc45)cc3)c3ccccc3-c3ccccc3)cc21.c1ccc(-c2ccc(-c3ccc(N(c4ccccc4)c4ccc(-c5cc6c7ccccc7c7c(c8ccccc8n7-c7ccc(-c8ccccc8)cc7)c6c6ccccc56)cc4)cc3)cc2)cc1. The first-order valence-corrected chi connectivity index (χ1v) is 48.2. The second kappa shape index (κ2) is 33.9. The highest BCUT2D eigenvalue weighted by molar-refractivity contribution is 6.40. The van der Waals surface area contributed by atoms with Crippen molar-refractivity contribution in [2.75, 3.05) is 9.80 Å². The molecule has 2 aromatic heterocycles. The molecule has 1 aliphatic carbocycles. The average Bonchev–Trinajstić information content (AvgIpc) is 1.57. The van der Waals surface area contributed by atoms with Crippen LogP contribution in [0.2, 0.25) is 0 Å². The van der Waals surface area contributed by atoms with E-state index in [4.69, 9.17) is 0 Å². The van der Waals surface area contributed by atoms with Gasteiger partial charge in [-0.3, -0.25) is 0 Å². The Labute approximate surface area is 808 Å². The number of aromatic nitrogens is 2. The van der Waals surface area contributed by atoms with Gasteiger partial charge in [-0.1, -0.05) is 420 Å². The minimum absolute atomic E-state index is 0.133. The molecule has 2 heterocycles. The van der Waals surface area contributed by atoms with Gasteiger partial charge in [-0.2, -0.15) is 0 Å². The van der Waals surface area contributed by atoms with Crippen LogP contribution in [-0.4, -0.2) is 9.13 Å². The monoisotopic (exact) mass is 1770 g/mol. The fourth-order valence-electron chi connectivity index (χ4n) is 22.6. The summed E-state index contributed by atoms with van der Waals surface area (Å²) in [6, 6.07) is 191. The van der Waals surface area contributed by atoms with E-state index >= 15 is 0 Å². The molecule has 0 unspecified atom stereocenters. The topological polar surface area (TPSA) is 16.3 Å². The summed E-state index contributed by atoms with van der Waals surface area (Å²) in [5.41, 5.74) is 36.0. The smallest absolute Gasteiger partial charge is 0.0626 e. The average molecular weight is 1770 g/mol. The molecular weight excluding hydrogens is 1680 g/mol. The van der Waals surface area contributed by atoms with E-state index in [1.165, 1.54) is 208 Å². The van der Waals surface area contributed by atoms with E-state index < -0.39 is 0 Å². The molecule has 0 radical (unpaired) electrons. The molecule has 27 rings (SSSR count). The van der Waals surface area contributed by atoms with Crippen molar-refractivity contribution in [2.45, 2.75) is 19.3 Å². The van der Waals surface area contributed by atoms with Crippen molar-refractivity contribution < 1.29 is 0 Å². The van der Waals surface area contributed by atoms with Crippen LogP contribution in [0.15, 0.2) is 522 Å². The number of hydrogen-bond donors (Lipinski definition) is 0. The van der Waals surface area contributed by atoms with E-state index in [-0.39, 0.29) is 5.41 Å². The van der Waals surface area contributed by atoms with Crippen molar-refractivity contribution in [3.05, 3.63) is 533 Å². The highest BCUT2D eigenvalue weighted by Gasteiger charge is 2.37. The molecule has 1 aliphatic rings. The Bertz CT molecular complexity index is 9250. The third-order valence-electron chi connectivity index (χ3n) is 29.1. The largest absolute Gasteiger partial charge is 0.311 e. The Hall–Kier alpha value is -18.0. The van der Waals surface area contributed by atoms with Gasteiger partial charge in [0.05, 0.1) is 27.8 Å². The van der Waals surface area contributed by atoms with Gasteiger partial charge < -0.3 is 18.9 Å². The number of hydrogen-bond acceptors (Lipinski definition) is 2. The molecule has 0 N–H and O–H groups in total. The molecular formula is C135H92N4. The van der Waals surface area contributed by atoms with E-state index in [1.54, 1.807) is 0 Å². The second-order valence-electron chi connectivity index (χ2n) is 37.2. The van der Waals surface area contributed by atoms with Crippen LogP contribution in [0.5, 0.6) is 0 Å². The third-order valence-corrected chi connectivity index (χ3v) is 29.1. The van der Waals surface area contributed by atoms with Gasteiger partial charge in [0.2, 0.25) is 0 Å². The van der Waals surface area contributed by atoms with E-state index in [1.807, 2.05) is 0 Å². The standard InChI is InChI=1S/C69H48N2.C66H44N2/c1-69(2)62-30-16-13-26-55(62)56-42-41-51(43-63(56)69)70(64-31-17-14-23-52(64)47-21-7-4-8-22-47)49-39-35-48(36-40-49)60-44-61-54-25-10-12-28-58(54)68-67(66(61)57-27-11-9-24-53(57)60)59-29-15-18-32-65(59)71(68)50-37-33-46(34-38-50)45-19-5-3-6-20-45;1-4-16-45(17-5-1)47-28-30-48(31-29-47)50-32-38-53(39-33-50)67(52-20-8-3-9-21-52)54-42-36-51(37-43-54)61-44-62-57-23-11-13-25-59(57)66-65(64(62)58-24-12-10-22-56(58)61)60-26-14-15-27-63(60)68(66)55-40-34-49(35-41-55)46-18-6-2-7-19-46/h3-44H,1-2H3;1-44H. The molecule has 0 saturated carbocycles. The quantitative estimate of drug-likeness (QED) is 0.0951. The van der Waals surface area contributed by atoms with Gasteiger partial charge in [-0.15, -0.1) is 0 Å². The fourth-order valence-corrected chi connectivity index (χ4v) is 22.6. The summed E-state index contributed by atoms with van der Waals surface area (Å²) in [5.74, 6) is 0. The van der Waals surface area contributed by atoms with Crippen LogP contribution in [-0.2, 0) is 5.41 Å². The maximum Gasteiger partial charge on any atom is 0.0626 e. The molecule has 0 bridgehead atoms. The van der Waals surface area contributed by atoms with E-state index in [2.05, 4.69) is 554 Å². The molecule has 0 saturated heterocycles. The van der Waals surface area contributed by atoms with Gasteiger partial charge in [0.25, 0.3) is 0 Å². The molecule has 0 amide bonds. The number of rotatable bonds is 15. The summed E-state index contributed by atoms with van der Waals surface area (Å²) in [7, 11) is 0. The highest BCUT2D eigenvalue weighted by atomic mass is 15.2. The Morgan fingerprint density at radius 1 is 0.165 bits per heavy atom. The maximum atomic E-state index is 2.49. The van der Waals surface area contributed by atoms with Crippen molar-refractivity contribution in [1.82, 2.24) is 9.13 Å². The summed E-state index contributed by atoms with van der Waals surface area (Å²) in [4.78, 5) is 4.80. The Morgan fingerprint density at radius 3 is 0.892 bits per heavy atom. The Morgan fingerprint density at radius 2 is 0.453 bits per heavy atom. The Kier molecular flexibility index (Phi) is 19.9. The lowest BCUT2D eigenvalue weighted by Crippen LogP contribution is -2.16. The summed E-state index contributed by atoms with van der Waals surface area (Å²) in [5, 5.41) is 20.1. The van der Waals surface area contributed by atoms with Crippen LogP contribution in [0.4, 0.5) is 34.1 Å². The van der Waals surface area contributed by atoms with Gasteiger partial charge in [-0.05, 0) is 253 Å². The molecule has 26 aromatic rings. The minimum Gasteiger partial charge on any atom is -0.311 e. The van der Waals surface area contributed by atoms with E-state index in [9.17, 15) is 0 Å². The molecule has 4 heteroatoms. The van der Waals surface area contributed by atoms with Gasteiger partial charge in [0, 0.05) is 93.9 Å². The summed E-state index contributed by atoms with van der Waals surface area (Å²) in [6.45, 7) is 4.73. The van der Waals surface area contributed by atoms with Gasteiger partial charge >= 0.3 is 0 Å². The lowest BCUT2D eigenvalue weighted by atomic mass is 9.82. The predicted molar refractivity (Wildman–Crippen MR) is 592 cm³/mol. The zero-order valence-corrected chi connectivity index (χ0v) is 76.9.